The fourth-order valence-corrected chi connectivity index (χ4v) is 3.79. The summed E-state index contributed by atoms with van der Waals surface area (Å²) >= 11 is 0. The lowest BCUT2D eigenvalue weighted by atomic mass is 10.1. The van der Waals surface area contributed by atoms with E-state index in [0.29, 0.717) is 51.0 Å². The van der Waals surface area contributed by atoms with Gasteiger partial charge in [-0.05, 0) is 23.3 Å². The highest BCUT2D eigenvalue weighted by Gasteiger charge is 2.16. The number of imidazole rings is 1. The van der Waals surface area contributed by atoms with E-state index < -0.39 is 0 Å². The van der Waals surface area contributed by atoms with Crippen molar-refractivity contribution < 1.29 is 9.13 Å². The molecule has 9 heteroatoms. The zero-order valence-corrected chi connectivity index (χ0v) is 21.3. The van der Waals surface area contributed by atoms with Crippen LogP contribution in [-0.4, -0.2) is 61.2 Å². The van der Waals surface area contributed by atoms with Gasteiger partial charge in [-0.1, -0.05) is 36.4 Å². The van der Waals surface area contributed by atoms with Gasteiger partial charge in [0.15, 0.2) is 5.96 Å². The molecule has 0 aliphatic carbocycles. The van der Waals surface area contributed by atoms with Crippen molar-refractivity contribution in [3.05, 3.63) is 71.9 Å². The van der Waals surface area contributed by atoms with Gasteiger partial charge in [0.05, 0.1) is 37.3 Å². The van der Waals surface area contributed by atoms with Gasteiger partial charge in [0, 0.05) is 33.7 Å². The fraction of sp³-hybridized carbons (Fsp3) is 0.333. The molecule has 33 heavy (non-hydrogen) atoms. The number of guanidine groups is 1. The lowest BCUT2D eigenvalue weighted by molar-refractivity contribution is 0.122. The normalized spacial score (nSPS) is 14.0. The van der Waals surface area contributed by atoms with Crippen molar-refractivity contribution in [1.82, 2.24) is 20.2 Å². The summed E-state index contributed by atoms with van der Waals surface area (Å²) in [5.74, 6) is 1.34. The number of H-pyrrole nitrogens is 1. The largest absolute Gasteiger partial charge is 0.378 e. The number of aliphatic imine (C=N–C) groups is 1. The summed E-state index contributed by atoms with van der Waals surface area (Å²) in [7, 11) is 3.68. The number of benzene rings is 2. The molecule has 0 radical (unpaired) electrons. The molecular weight excluding hydrogens is 534 g/mol. The Hall–Kier alpha value is -2.66. The molecule has 3 aromatic rings. The molecule has 1 saturated heterocycles. The highest BCUT2D eigenvalue weighted by atomic mass is 127. The molecule has 176 valence electrons. The minimum absolute atomic E-state index is 0. The lowest BCUT2D eigenvalue weighted by Crippen LogP contribution is -2.38. The van der Waals surface area contributed by atoms with Crippen LogP contribution in [-0.2, 0) is 17.8 Å². The molecule has 2 heterocycles. The predicted octanol–water partition coefficient (Wildman–Crippen LogP) is 3.88. The van der Waals surface area contributed by atoms with Crippen molar-refractivity contribution in [2.24, 2.45) is 4.99 Å². The summed E-state index contributed by atoms with van der Waals surface area (Å²) in [5, 5.41) is 3.30. The third-order valence-electron chi connectivity index (χ3n) is 5.49. The van der Waals surface area contributed by atoms with E-state index in [1.807, 2.05) is 65.5 Å². The zero-order chi connectivity index (χ0) is 22.3. The van der Waals surface area contributed by atoms with Gasteiger partial charge in [0.2, 0.25) is 0 Å². The van der Waals surface area contributed by atoms with E-state index in [9.17, 15) is 4.39 Å². The molecule has 0 bridgehead atoms. The number of nitrogens with one attached hydrogen (secondary N) is 2. The van der Waals surface area contributed by atoms with Crippen molar-refractivity contribution in [2.75, 3.05) is 45.3 Å². The molecule has 1 aliphatic heterocycles. The van der Waals surface area contributed by atoms with E-state index in [2.05, 4.69) is 20.3 Å². The van der Waals surface area contributed by atoms with Crippen LogP contribution in [0.5, 0.6) is 0 Å². The maximum Gasteiger partial charge on any atom is 0.194 e. The van der Waals surface area contributed by atoms with Crippen LogP contribution in [0.2, 0.25) is 0 Å². The first-order valence-corrected chi connectivity index (χ1v) is 10.8. The summed E-state index contributed by atoms with van der Waals surface area (Å²) in [6, 6.07) is 15.5. The van der Waals surface area contributed by atoms with E-state index in [4.69, 9.17) is 4.74 Å². The number of hydrogen-bond donors (Lipinski definition) is 2. The molecule has 7 nitrogen and oxygen atoms in total. The molecule has 0 atom stereocenters. The molecular formula is C24H30FIN6O. The van der Waals surface area contributed by atoms with Crippen molar-refractivity contribution in [3.8, 4) is 11.3 Å². The number of ether oxygens (including phenoxy) is 1. The first-order valence-electron chi connectivity index (χ1n) is 10.8. The van der Waals surface area contributed by atoms with Gasteiger partial charge in [-0.2, -0.15) is 0 Å². The number of aromatic nitrogens is 2. The lowest BCUT2D eigenvalue weighted by Gasteiger charge is -2.29. The Morgan fingerprint density at radius 3 is 2.67 bits per heavy atom. The van der Waals surface area contributed by atoms with Crippen LogP contribution >= 0.6 is 24.0 Å². The van der Waals surface area contributed by atoms with E-state index in [1.165, 1.54) is 0 Å². The van der Waals surface area contributed by atoms with Gasteiger partial charge in [-0.3, -0.25) is 4.99 Å². The van der Waals surface area contributed by atoms with E-state index >= 15 is 0 Å². The van der Waals surface area contributed by atoms with E-state index in [1.54, 1.807) is 13.1 Å². The molecule has 0 spiro atoms. The molecule has 1 aromatic heterocycles. The average Bonchev–Trinajstić information content (AvgIpc) is 3.29. The van der Waals surface area contributed by atoms with Gasteiger partial charge in [0.1, 0.15) is 11.6 Å². The molecule has 0 saturated carbocycles. The van der Waals surface area contributed by atoms with Crippen molar-refractivity contribution in [3.63, 3.8) is 0 Å². The topological polar surface area (TPSA) is 68.8 Å². The van der Waals surface area contributed by atoms with Crippen molar-refractivity contribution in [1.29, 1.82) is 0 Å². The van der Waals surface area contributed by atoms with Gasteiger partial charge in [0.25, 0.3) is 0 Å². The Bertz CT molecular complexity index is 1050. The molecule has 1 aliphatic rings. The number of halogens is 2. The number of hydrogen-bond acceptors (Lipinski definition) is 4. The summed E-state index contributed by atoms with van der Waals surface area (Å²) < 4.78 is 20.0. The third-order valence-corrected chi connectivity index (χ3v) is 5.49. The van der Waals surface area contributed by atoms with Gasteiger partial charge < -0.3 is 24.8 Å². The number of rotatable bonds is 6. The second-order valence-electron chi connectivity index (χ2n) is 7.75. The van der Waals surface area contributed by atoms with Crippen LogP contribution in [0.1, 0.15) is 11.4 Å². The molecule has 4 rings (SSSR count). The smallest absolute Gasteiger partial charge is 0.194 e. The minimum Gasteiger partial charge on any atom is -0.378 e. The Balaban J connectivity index is 0.00000306. The summed E-state index contributed by atoms with van der Waals surface area (Å²) in [6.45, 7) is 3.73. The highest BCUT2D eigenvalue weighted by molar-refractivity contribution is 14.0. The summed E-state index contributed by atoms with van der Waals surface area (Å²) in [6.07, 6.45) is 1.84. The monoisotopic (exact) mass is 564 g/mol. The Morgan fingerprint density at radius 2 is 1.97 bits per heavy atom. The maximum atomic E-state index is 14.7. The molecule has 0 unspecified atom stereocenters. The van der Waals surface area contributed by atoms with E-state index in [-0.39, 0.29) is 29.8 Å². The van der Waals surface area contributed by atoms with Gasteiger partial charge >= 0.3 is 0 Å². The highest BCUT2D eigenvalue weighted by Crippen LogP contribution is 2.22. The second kappa shape index (κ2) is 12.0. The predicted molar refractivity (Wildman–Crippen MR) is 141 cm³/mol. The molecule has 2 N–H and O–H groups in total. The first kappa shape index (κ1) is 25.0. The van der Waals surface area contributed by atoms with Gasteiger partial charge in [-0.15, -0.1) is 24.0 Å². The standard InChI is InChI=1S/C24H29FN6O.HI/c1-26-24(30(2)17-23-27-16-21(29-23)19-6-4-3-5-7-19)28-15-18-8-9-22(20(25)14-18)31-10-12-32-13-11-31;/h3-9,14,16H,10-13,15,17H2,1-2H3,(H,26,28)(H,27,29);1H. The number of anilines is 1. The van der Waals surface area contributed by atoms with Crippen molar-refractivity contribution >= 4 is 35.6 Å². The van der Waals surface area contributed by atoms with E-state index in [0.717, 1.165) is 22.6 Å². The van der Waals surface area contributed by atoms with Crippen LogP contribution in [0.3, 0.4) is 0 Å². The summed E-state index contributed by atoms with van der Waals surface area (Å²) in [4.78, 5) is 16.2. The number of morpholine rings is 1. The Labute approximate surface area is 211 Å². The van der Waals surface area contributed by atoms with Gasteiger partial charge in [-0.25, -0.2) is 9.37 Å². The third kappa shape index (κ3) is 6.44. The molecule has 0 amide bonds. The van der Waals surface area contributed by atoms with Crippen LogP contribution in [0.4, 0.5) is 10.1 Å². The Kier molecular flexibility index (Phi) is 9.07. The Morgan fingerprint density at radius 1 is 1.21 bits per heavy atom. The number of aromatic amines is 1. The fourth-order valence-electron chi connectivity index (χ4n) is 3.79. The van der Waals surface area contributed by atoms with Crippen LogP contribution in [0.25, 0.3) is 11.3 Å². The number of nitrogens with zero attached hydrogens (tertiary/aromatic N) is 4. The van der Waals surface area contributed by atoms with Crippen LogP contribution in [0.15, 0.2) is 59.7 Å². The van der Waals surface area contributed by atoms with Crippen LogP contribution in [0, 0.1) is 5.82 Å². The quantitative estimate of drug-likeness (QED) is 0.270. The van der Waals surface area contributed by atoms with Crippen molar-refractivity contribution in [2.45, 2.75) is 13.1 Å². The SMILES string of the molecule is CN=C(NCc1ccc(N2CCOCC2)c(F)c1)N(C)Cc1ncc(-c2ccccc2)[nH]1.I. The second-order valence-corrected chi connectivity index (χ2v) is 7.75. The maximum absolute atomic E-state index is 14.7. The molecule has 1 fully saturated rings. The van der Waals surface area contributed by atoms with Crippen LogP contribution < -0.4 is 10.2 Å². The zero-order valence-electron chi connectivity index (χ0n) is 18.9. The minimum atomic E-state index is -0.210. The molecule has 2 aromatic carbocycles. The first-order chi connectivity index (χ1) is 15.6. The average molecular weight is 564 g/mol. The summed E-state index contributed by atoms with van der Waals surface area (Å²) in [5.41, 5.74) is 3.57.